The van der Waals surface area contributed by atoms with Crippen LogP contribution in [0.15, 0.2) is 35.4 Å². The largest absolute Gasteiger partial charge is 0.326 e. The van der Waals surface area contributed by atoms with Crippen molar-refractivity contribution in [3.63, 3.8) is 0 Å². The van der Waals surface area contributed by atoms with Crippen LogP contribution in [0.1, 0.15) is 57.4 Å². The van der Waals surface area contributed by atoms with Gasteiger partial charge < -0.3 is 5.32 Å². The third-order valence-electron chi connectivity index (χ3n) is 6.50. The van der Waals surface area contributed by atoms with Gasteiger partial charge in [0.25, 0.3) is 0 Å². The minimum Gasteiger partial charge on any atom is -0.326 e. The Kier molecular flexibility index (Phi) is 6.50. The molecule has 0 radical (unpaired) electrons. The number of carbonyl (C=O) groups excluding carboxylic acids is 3. The number of hydrogen-bond donors (Lipinski definition) is 1. The average Bonchev–Trinajstić information content (AvgIpc) is 3.05. The number of hydrogen-bond acceptors (Lipinski definition) is 6. The fourth-order valence-corrected chi connectivity index (χ4v) is 5.65. The second kappa shape index (κ2) is 9.22. The molecule has 0 spiro atoms. The van der Waals surface area contributed by atoms with E-state index >= 15 is 0 Å². The van der Waals surface area contributed by atoms with Gasteiger partial charge in [0.2, 0.25) is 17.7 Å². The number of pyridine rings is 1. The minimum atomic E-state index is -0.633. The van der Waals surface area contributed by atoms with Gasteiger partial charge in [-0.3, -0.25) is 14.4 Å². The summed E-state index contributed by atoms with van der Waals surface area (Å²) in [6.07, 6.45) is 2.84. The molecule has 1 N–H and O–H groups in total. The van der Waals surface area contributed by atoms with Crippen molar-refractivity contribution in [2.24, 2.45) is 11.3 Å². The van der Waals surface area contributed by atoms with Crippen molar-refractivity contribution in [1.82, 2.24) is 4.98 Å². The van der Waals surface area contributed by atoms with E-state index in [0.29, 0.717) is 27.9 Å². The summed E-state index contributed by atoms with van der Waals surface area (Å²) < 4.78 is 0. The maximum Gasteiger partial charge on any atom is 0.247 e. The summed E-state index contributed by atoms with van der Waals surface area (Å²) in [5.74, 6) is -0.276. The van der Waals surface area contributed by atoms with E-state index in [1.54, 1.807) is 24.3 Å². The SMILES string of the molecule is CC(=O)Nc1ccc(N2C(=O)CC(Sc3nc4c(cc3C#N)CC(C(C)(C)C)CC4)C2=O)cc1. The number of benzene rings is 1. The van der Waals surface area contributed by atoms with E-state index in [-0.39, 0.29) is 29.6 Å². The second-order valence-electron chi connectivity index (χ2n) is 9.97. The second-order valence-corrected chi connectivity index (χ2v) is 11.2. The van der Waals surface area contributed by atoms with E-state index in [1.807, 2.05) is 6.07 Å². The Bertz CT molecular complexity index is 1190. The lowest BCUT2D eigenvalue weighted by Crippen LogP contribution is -2.31. The molecule has 1 aliphatic carbocycles. The van der Waals surface area contributed by atoms with Crippen molar-refractivity contribution in [3.8, 4) is 6.07 Å². The van der Waals surface area contributed by atoms with Gasteiger partial charge in [-0.25, -0.2) is 9.88 Å². The lowest BCUT2D eigenvalue weighted by molar-refractivity contribution is -0.121. The third-order valence-corrected chi connectivity index (χ3v) is 7.69. The zero-order chi connectivity index (χ0) is 24.6. The molecule has 0 bridgehead atoms. The van der Waals surface area contributed by atoms with Crippen molar-refractivity contribution in [2.75, 3.05) is 10.2 Å². The number of imide groups is 1. The van der Waals surface area contributed by atoms with Gasteiger partial charge in [-0.05, 0) is 66.5 Å². The van der Waals surface area contributed by atoms with Gasteiger partial charge in [0.05, 0.1) is 16.5 Å². The first-order valence-electron chi connectivity index (χ1n) is 11.4. The molecule has 1 aromatic heterocycles. The molecule has 0 saturated carbocycles. The van der Waals surface area contributed by atoms with Crippen molar-refractivity contribution in [1.29, 1.82) is 5.26 Å². The van der Waals surface area contributed by atoms with E-state index in [0.717, 1.165) is 30.5 Å². The van der Waals surface area contributed by atoms with Crippen LogP contribution in [-0.2, 0) is 27.2 Å². The highest BCUT2D eigenvalue weighted by atomic mass is 32.2. The van der Waals surface area contributed by atoms with Crippen molar-refractivity contribution < 1.29 is 14.4 Å². The number of aromatic nitrogens is 1. The summed E-state index contributed by atoms with van der Waals surface area (Å²) in [5, 5.41) is 12.3. The summed E-state index contributed by atoms with van der Waals surface area (Å²) in [5.41, 5.74) is 3.80. The zero-order valence-electron chi connectivity index (χ0n) is 19.8. The molecule has 2 unspecified atom stereocenters. The lowest BCUT2D eigenvalue weighted by Gasteiger charge is -2.34. The molecule has 2 aliphatic rings. The van der Waals surface area contributed by atoms with Gasteiger partial charge in [-0.15, -0.1) is 0 Å². The van der Waals surface area contributed by atoms with Crippen molar-refractivity contribution >= 4 is 40.9 Å². The lowest BCUT2D eigenvalue weighted by atomic mass is 9.71. The first kappa shape index (κ1) is 24.0. The van der Waals surface area contributed by atoms with E-state index < -0.39 is 5.25 Å². The van der Waals surface area contributed by atoms with Gasteiger partial charge in [0.1, 0.15) is 11.1 Å². The van der Waals surface area contributed by atoms with Crippen LogP contribution in [0.4, 0.5) is 11.4 Å². The quantitative estimate of drug-likeness (QED) is 0.653. The van der Waals surface area contributed by atoms with E-state index in [4.69, 9.17) is 4.98 Å². The molecule has 7 nitrogen and oxygen atoms in total. The van der Waals surface area contributed by atoms with Gasteiger partial charge in [0.15, 0.2) is 0 Å². The molecular formula is C26H28N4O3S. The zero-order valence-corrected chi connectivity index (χ0v) is 20.7. The smallest absolute Gasteiger partial charge is 0.247 e. The highest BCUT2D eigenvalue weighted by Crippen LogP contribution is 2.40. The summed E-state index contributed by atoms with van der Waals surface area (Å²) in [6.45, 7) is 8.14. The normalized spacial score (nSPS) is 20.1. The van der Waals surface area contributed by atoms with Crippen LogP contribution < -0.4 is 10.2 Å². The molecule has 34 heavy (non-hydrogen) atoms. The molecular weight excluding hydrogens is 448 g/mol. The Hall–Kier alpha value is -3.18. The number of rotatable bonds is 4. The third kappa shape index (κ3) is 4.85. The topological polar surface area (TPSA) is 103 Å². The highest BCUT2D eigenvalue weighted by Gasteiger charge is 2.41. The molecule has 2 aromatic rings. The molecule has 2 atom stereocenters. The molecule has 1 aliphatic heterocycles. The monoisotopic (exact) mass is 476 g/mol. The fourth-order valence-electron chi connectivity index (χ4n) is 4.55. The summed E-state index contributed by atoms with van der Waals surface area (Å²) >= 11 is 1.20. The van der Waals surface area contributed by atoms with Gasteiger partial charge in [0, 0.05) is 24.7 Å². The van der Waals surface area contributed by atoms with E-state index in [9.17, 15) is 19.6 Å². The Balaban J connectivity index is 1.53. The molecule has 8 heteroatoms. The Morgan fingerprint density at radius 1 is 1.21 bits per heavy atom. The number of amides is 3. The first-order valence-corrected chi connectivity index (χ1v) is 12.3. The molecule has 1 fully saturated rings. The maximum absolute atomic E-state index is 13.1. The molecule has 1 aromatic carbocycles. The summed E-state index contributed by atoms with van der Waals surface area (Å²) in [7, 11) is 0. The van der Waals surface area contributed by atoms with Crippen molar-refractivity contribution in [3.05, 3.63) is 47.2 Å². The molecule has 3 amide bonds. The minimum absolute atomic E-state index is 0.0483. The first-order chi connectivity index (χ1) is 16.1. The van der Waals surface area contributed by atoms with Crippen molar-refractivity contribution in [2.45, 2.75) is 63.7 Å². The number of fused-ring (bicyclic) bond motifs is 1. The summed E-state index contributed by atoms with van der Waals surface area (Å²) in [4.78, 5) is 43.0. The highest BCUT2D eigenvalue weighted by molar-refractivity contribution is 8.00. The number of nitrogens with zero attached hydrogens (tertiary/aromatic N) is 3. The Morgan fingerprint density at radius 2 is 1.91 bits per heavy atom. The van der Waals surface area contributed by atoms with Crippen LogP contribution >= 0.6 is 11.8 Å². The fraction of sp³-hybridized carbons (Fsp3) is 0.423. The van der Waals surface area contributed by atoms with Crippen LogP contribution in [-0.4, -0.2) is 28.0 Å². The number of nitriles is 1. The van der Waals surface area contributed by atoms with Gasteiger partial charge >= 0.3 is 0 Å². The van der Waals surface area contributed by atoms with Crippen LogP contribution in [0.2, 0.25) is 0 Å². The molecule has 2 heterocycles. The van der Waals surface area contributed by atoms with Gasteiger partial charge in [-0.1, -0.05) is 32.5 Å². The number of aryl methyl sites for hydroxylation is 1. The van der Waals surface area contributed by atoms with Crippen LogP contribution in [0.25, 0.3) is 0 Å². The summed E-state index contributed by atoms with van der Waals surface area (Å²) in [6, 6.07) is 10.7. The predicted molar refractivity (Wildman–Crippen MR) is 131 cm³/mol. The predicted octanol–water partition coefficient (Wildman–Crippen LogP) is 4.49. The van der Waals surface area contributed by atoms with Gasteiger partial charge in [-0.2, -0.15) is 5.26 Å². The van der Waals surface area contributed by atoms with E-state index in [2.05, 4.69) is 32.2 Å². The molecule has 4 rings (SSSR count). The maximum atomic E-state index is 13.1. The van der Waals surface area contributed by atoms with E-state index in [1.165, 1.54) is 23.6 Å². The average molecular weight is 477 g/mol. The molecule has 176 valence electrons. The number of carbonyl (C=O) groups is 3. The standard InChI is InChI=1S/C26H28N4O3S/c1-15(31)28-19-6-8-20(9-7-19)30-23(32)13-22(25(30)33)34-24-17(14-27)11-16-12-18(26(2,3)4)5-10-21(16)29-24/h6-9,11,18,22H,5,10,12-13H2,1-4H3,(H,28,31). The Morgan fingerprint density at radius 3 is 2.53 bits per heavy atom. The number of anilines is 2. The number of thioether (sulfide) groups is 1. The Labute approximate surface area is 203 Å². The van der Waals surface area contributed by atoms with Crippen LogP contribution in [0.3, 0.4) is 0 Å². The van der Waals surface area contributed by atoms with Crippen LogP contribution in [0.5, 0.6) is 0 Å². The number of nitrogens with one attached hydrogen (secondary N) is 1. The molecule has 1 saturated heterocycles. The van der Waals surface area contributed by atoms with Crippen LogP contribution in [0, 0.1) is 22.7 Å².